The number of carbonyl (C=O) groups excluding carboxylic acids is 3. The van der Waals surface area contributed by atoms with Crippen molar-refractivity contribution in [1.29, 1.82) is 0 Å². The Balaban J connectivity index is 1.96. The zero-order valence-electron chi connectivity index (χ0n) is 16.1. The van der Waals surface area contributed by atoms with E-state index >= 15 is 0 Å². The molecule has 0 unspecified atom stereocenters. The van der Waals surface area contributed by atoms with Crippen molar-refractivity contribution in [3.05, 3.63) is 65.2 Å². The van der Waals surface area contributed by atoms with Crippen LogP contribution >= 0.6 is 0 Å². The molecular formula is C21H25N3O4. The number of nitrogens with one attached hydrogen (secondary N) is 1. The quantitative estimate of drug-likeness (QED) is 0.684. The summed E-state index contributed by atoms with van der Waals surface area (Å²) in [5.74, 6) is -0.907. The van der Waals surface area contributed by atoms with Crippen LogP contribution in [0.5, 0.6) is 0 Å². The fourth-order valence-corrected chi connectivity index (χ4v) is 2.64. The number of carbonyl (C=O) groups is 3. The maximum atomic E-state index is 12.5. The highest BCUT2D eigenvalue weighted by atomic mass is 16.5. The topological polar surface area (TPSA) is 102 Å². The Morgan fingerprint density at radius 1 is 1.11 bits per heavy atom. The minimum atomic E-state index is -0.730. The average molecular weight is 383 g/mol. The third-order valence-electron chi connectivity index (χ3n) is 4.03. The number of hydrogen-bond donors (Lipinski definition) is 2. The molecule has 0 aliphatic rings. The molecule has 3 amide bonds. The van der Waals surface area contributed by atoms with Crippen LogP contribution in [0.15, 0.2) is 48.5 Å². The van der Waals surface area contributed by atoms with Crippen LogP contribution in [0.3, 0.4) is 0 Å². The van der Waals surface area contributed by atoms with E-state index in [9.17, 15) is 14.4 Å². The van der Waals surface area contributed by atoms with Crippen LogP contribution in [-0.2, 0) is 16.1 Å². The SMILES string of the molecule is CCCN(Cc1ccc(C)cc1)C(=O)COC(=O)c1cccc(NC(N)=O)c1. The zero-order chi connectivity index (χ0) is 20.5. The third-order valence-corrected chi connectivity index (χ3v) is 4.03. The van der Waals surface area contributed by atoms with Crippen molar-refractivity contribution in [2.75, 3.05) is 18.5 Å². The number of esters is 1. The van der Waals surface area contributed by atoms with Crippen molar-refractivity contribution in [2.45, 2.75) is 26.8 Å². The highest BCUT2D eigenvalue weighted by Gasteiger charge is 2.17. The number of hydrogen-bond acceptors (Lipinski definition) is 4. The van der Waals surface area contributed by atoms with Gasteiger partial charge in [0.15, 0.2) is 6.61 Å². The van der Waals surface area contributed by atoms with Gasteiger partial charge in [0.1, 0.15) is 0 Å². The van der Waals surface area contributed by atoms with E-state index in [-0.39, 0.29) is 18.1 Å². The molecule has 0 heterocycles. The van der Waals surface area contributed by atoms with Gasteiger partial charge in [0.25, 0.3) is 5.91 Å². The first-order chi connectivity index (χ1) is 13.4. The van der Waals surface area contributed by atoms with Gasteiger partial charge in [-0.1, -0.05) is 42.8 Å². The Kier molecular flexibility index (Phi) is 7.56. The van der Waals surface area contributed by atoms with E-state index in [2.05, 4.69) is 5.32 Å². The Bertz CT molecular complexity index is 834. The van der Waals surface area contributed by atoms with Gasteiger partial charge < -0.3 is 20.7 Å². The molecule has 148 valence electrons. The number of amides is 3. The number of urea groups is 1. The van der Waals surface area contributed by atoms with Gasteiger partial charge in [0.2, 0.25) is 0 Å². The lowest BCUT2D eigenvalue weighted by molar-refractivity contribution is -0.135. The standard InChI is InChI=1S/C21H25N3O4/c1-3-11-24(13-16-9-7-15(2)8-10-16)19(25)14-28-20(26)17-5-4-6-18(12-17)23-21(22)27/h4-10,12H,3,11,13-14H2,1-2H3,(H3,22,23,27). The van der Waals surface area contributed by atoms with Crippen LogP contribution < -0.4 is 11.1 Å². The molecule has 0 aromatic heterocycles. The first-order valence-electron chi connectivity index (χ1n) is 9.06. The Labute approximate surface area is 164 Å². The highest BCUT2D eigenvalue weighted by Crippen LogP contribution is 2.12. The van der Waals surface area contributed by atoms with E-state index in [0.717, 1.165) is 17.5 Å². The van der Waals surface area contributed by atoms with Crippen molar-refractivity contribution in [3.63, 3.8) is 0 Å². The summed E-state index contributed by atoms with van der Waals surface area (Å²) in [6.45, 7) is 4.67. The highest BCUT2D eigenvalue weighted by molar-refractivity contribution is 5.94. The minimum Gasteiger partial charge on any atom is -0.452 e. The van der Waals surface area contributed by atoms with E-state index in [0.29, 0.717) is 18.8 Å². The van der Waals surface area contributed by atoms with Crippen molar-refractivity contribution >= 4 is 23.6 Å². The molecule has 0 atom stereocenters. The first-order valence-corrected chi connectivity index (χ1v) is 9.06. The van der Waals surface area contributed by atoms with Crippen molar-refractivity contribution in [1.82, 2.24) is 4.90 Å². The summed E-state index contributed by atoms with van der Waals surface area (Å²) in [5, 5.41) is 2.39. The normalized spacial score (nSPS) is 10.2. The van der Waals surface area contributed by atoms with E-state index in [1.807, 2.05) is 38.1 Å². The number of benzene rings is 2. The first kappa shape index (κ1) is 21.0. The van der Waals surface area contributed by atoms with Gasteiger partial charge in [-0.2, -0.15) is 0 Å². The molecule has 28 heavy (non-hydrogen) atoms. The molecule has 0 aliphatic heterocycles. The molecule has 0 fully saturated rings. The van der Waals surface area contributed by atoms with Gasteiger partial charge in [-0.15, -0.1) is 0 Å². The zero-order valence-corrected chi connectivity index (χ0v) is 16.1. The minimum absolute atomic E-state index is 0.222. The molecule has 0 aliphatic carbocycles. The summed E-state index contributed by atoms with van der Waals surface area (Å²) < 4.78 is 5.16. The second-order valence-corrected chi connectivity index (χ2v) is 6.45. The Morgan fingerprint density at radius 2 is 1.82 bits per heavy atom. The molecule has 0 radical (unpaired) electrons. The predicted octanol–water partition coefficient (Wildman–Crippen LogP) is 3.08. The number of nitrogens with two attached hydrogens (primary N) is 1. The van der Waals surface area contributed by atoms with Crippen LogP contribution in [0.4, 0.5) is 10.5 Å². The maximum Gasteiger partial charge on any atom is 0.338 e. The summed E-state index contributed by atoms with van der Waals surface area (Å²) >= 11 is 0. The molecule has 0 saturated heterocycles. The van der Waals surface area contributed by atoms with Crippen molar-refractivity contribution in [2.24, 2.45) is 5.73 Å². The van der Waals surface area contributed by atoms with Gasteiger partial charge in [0, 0.05) is 18.8 Å². The van der Waals surface area contributed by atoms with E-state index < -0.39 is 12.0 Å². The summed E-state index contributed by atoms with van der Waals surface area (Å²) in [7, 11) is 0. The Morgan fingerprint density at radius 3 is 2.46 bits per heavy atom. The number of anilines is 1. The number of aryl methyl sites for hydroxylation is 1. The van der Waals surface area contributed by atoms with Crippen LogP contribution in [0.25, 0.3) is 0 Å². The van der Waals surface area contributed by atoms with Crippen LogP contribution in [-0.4, -0.2) is 36.0 Å². The van der Waals surface area contributed by atoms with Gasteiger partial charge in [0.05, 0.1) is 5.56 Å². The summed E-state index contributed by atoms with van der Waals surface area (Å²) in [6, 6.07) is 13.4. The molecule has 2 aromatic rings. The summed E-state index contributed by atoms with van der Waals surface area (Å²) in [6.07, 6.45) is 0.798. The van der Waals surface area contributed by atoms with Crippen LogP contribution in [0.1, 0.15) is 34.8 Å². The number of nitrogens with zero attached hydrogens (tertiary/aromatic N) is 1. The smallest absolute Gasteiger partial charge is 0.338 e. The van der Waals surface area contributed by atoms with Crippen molar-refractivity contribution < 1.29 is 19.1 Å². The van der Waals surface area contributed by atoms with E-state index in [1.165, 1.54) is 12.1 Å². The number of ether oxygens (including phenoxy) is 1. The van der Waals surface area contributed by atoms with E-state index in [4.69, 9.17) is 10.5 Å². The molecule has 2 aromatic carbocycles. The van der Waals surface area contributed by atoms with Gasteiger partial charge in [-0.25, -0.2) is 9.59 Å². The monoisotopic (exact) mass is 383 g/mol. The summed E-state index contributed by atoms with van der Waals surface area (Å²) in [5.41, 5.74) is 7.83. The third kappa shape index (κ3) is 6.42. The lowest BCUT2D eigenvalue weighted by atomic mass is 10.1. The second-order valence-electron chi connectivity index (χ2n) is 6.45. The van der Waals surface area contributed by atoms with Gasteiger partial charge >= 0.3 is 12.0 Å². The molecule has 0 spiro atoms. The second kappa shape index (κ2) is 10.1. The van der Waals surface area contributed by atoms with Gasteiger partial charge in [-0.3, -0.25) is 4.79 Å². The van der Waals surface area contributed by atoms with Crippen molar-refractivity contribution in [3.8, 4) is 0 Å². The largest absolute Gasteiger partial charge is 0.452 e. The number of rotatable bonds is 8. The molecule has 0 bridgehead atoms. The maximum absolute atomic E-state index is 12.5. The molecular weight excluding hydrogens is 358 g/mol. The lowest BCUT2D eigenvalue weighted by Crippen LogP contribution is -2.34. The molecule has 3 N–H and O–H groups in total. The molecule has 0 saturated carbocycles. The summed E-state index contributed by atoms with van der Waals surface area (Å²) in [4.78, 5) is 37.3. The molecule has 7 heteroatoms. The van der Waals surface area contributed by atoms with Gasteiger partial charge in [-0.05, 0) is 37.1 Å². The average Bonchev–Trinajstić information content (AvgIpc) is 2.67. The fraction of sp³-hybridized carbons (Fsp3) is 0.286. The molecule has 7 nitrogen and oxygen atoms in total. The Hall–Kier alpha value is -3.35. The van der Waals surface area contributed by atoms with Crippen LogP contribution in [0, 0.1) is 6.92 Å². The van der Waals surface area contributed by atoms with E-state index in [1.54, 1.807) is 17.0 Å². The molecule has 2 rings (SSSR count). The lowest BCUT2D eigenvalue weighted by Gasteiger charge is -2.22. The fourth-order valence-electron chi connectivity index (χ4n) is 2.64. The van der Waals surface area contributed by atoms with Crippen LogP contribution in [0.2, 0.25) is 0 Å². The number of primary amides is 1. The predicted molar refractivity (Wildman–Crippen MR) is 107 cm³/mol.